The van der Waals surface area contributed by atoms with Gasteiger partial charge in [0.15, 0.2) is 6.10 Å². The number of benzene rings is 1. The normalized spacial score (nSPS) is 16.8. The van der Waals surface area contributed by atoms with Crippen LogP contribution in [0.2, 0.25) is 5.02 Å². The van der Waals surface area contributed by atoms with Crippen LogP contribution < -0.4 is 4.74 Å². The van der Waals surface area contributed by atoms with Crippen LogP contribution in [0.15, 0.2) is 24.3 Å². The van der Waals surface area contributed by atoms with Crippen molar-refractivity contribution in [2.75, 3.05) is 19.8 Å². The second kappa shape index (κ2) is 8.12. The molecule has 0 N–H and O–H groups in total. The highest BCUT2D eigenvalue weighted by atomic mass is 35.5. The first-order valence-electron chi connectivity index (χ1n) is 6.92. The van der Waals surface area contributed by atoms with Gasteiger partial charge in [-0.3, -0.25) is 0 Å². The van der Waals surface area contributed by atoms with Gasteiger partial charge in [-0.25, -0.2) is 4.79 Å². The fraction of sp³-hybridized carbons (Fsp3) is 0.533. The SMILES string of the molecule is O=C(OCCCCCCOc1ccc(Cl)cc1)C1CO1. The van der Waals surface area contributed by atoms with Gasteiger partial charge in [-0.1, -0.05) is 11.6 Å². The predicted octanol–water partition coefficient (Wildman–Crippen LogP) is 3.22. The van der Waals surface area contributed by atoms with E-state index in [1.54, 1.807) is 0 Å². The molecule has 1 aromatic rings. The van der Waals surface area contributed by atoms with Gasteiger partial charge in [0.2, 0.25) is 0 Å². The summed E-state index contributed by atoms with van der Waals surface area (Å²) in [6, 6.07) is 7.35. The number of hydrogen-bond acceptors (Lipinski definition) is 4. The highest BCUT2D eigenvalue weighted by Crippen LogP contribution is 2.16. The molecule has 1 unspecified atom stereocenters. The molecule has 1 atom stereocenters. The molecule has 0 spiro atoms. The van der Waals surface area contributed by atoms with Crippen molar-refractivity contribution in [3.05, 3.63) is 29.3 Å². The molecular formula is C15H19ClO4. The Labute approximate surface area is 124 Å². The first-order chi connectivity index (χ1) is 9.75. The Morgan fingerprint density at radius 2 is 1.80 bits per heavy atom. The van der Waals surface area contributed by atoms with Crippen LogP contribution in [-0.2, 0) is 14.3 Å². The van der Waals surface area contributed by atoms with E-state index in [2.05, 4.69) is 0 Å². The maximum atomic E-state index is 11.1. The number of carbonyl (C=O) groups is 1. The Bertz CT molecular complexity index is 414. The summed E-state index contributed by atoms with van der Waals surface area (Å²) in [6.45, 7) is 1.69. The lowest BCUT2D eigenvalue weighted by Crippen LogP contribution is -2.12. The summed E-state index contributed by atoms with van der Waals surface area (Å²) in [4.78, 5) is 11.1. The molecule has 0 bridgehead atoms. The highest BCUT2D eigenvalue weighted by molar-refractivity contribution is 6.30. The summed E-state index contributed by atoms with van der Waals surface area (Å²) in [5, 5.41) is 0.712. The number of hydrogen-bond donors (Lipinski definition) is 0. The van der Waals surface area contributed by atoms with Crippen molar-refractivity contribution in [1.82, 2.24) is 0 Å². The average Bonchev–Trinajstić information content (AvgIpc) is 3.28. The monoisotopic (exact) mass is 298 g/mol. The fourth-order valence-corrected chi connectivity index (χ4v) is 1.85. The Hall–Kier alpha value is -1.26. The van der Waals surface area contributed by atoms with E-state index in [4.69, 9.17) is 25.8 Å². The molecule has 1 fully saturated rings. The number of halogens is 1. The molecule has 1 aromatic carbocycles. The Balaban J connectivity index is 1.41. The molecule has 110 valence electrons. The Morgan fingerprint density at radius 1 is 1.15 bits per heavy atom. The summed E-state index contributed by atoms with van der Waals surface area (Å²) < 4.78 is 15.5. The quantitative estimate of drug-likeness (QED) is 0.399. The van der Waals surface area contributed by atoms with Crippen molar-refractivity contribution in [2.24, 2.45) is 0 Å². The molecule has 5 heteroatoms. The maximum Gasteiger partial charge on any atom is 0.337 e. The van der Waals surface area contributed by atoms with Crippen molar-refractivity contribution in [2.45, 2.75) is 31.8 Å². The van der Waals surface area contributed by atoms with E-state index in [9.17, 15) is 4.79 Å². The molecule has 1 aliphatic heterocycles. The zero-order valence-corrected chi connectivity index (χ0v) is 12.1. The van der Waals surface area contributed by atoms with E-state index >= 15 is 0 Å². The minimum atomic E-state index is -0.289. The number of esters is 1. The zero-order chi connectivity index (χ0) is 14.2. The van der Waals surface area contributed by atoms with Crippen LogP contribution in [0.5, 0.6) is 5.75 Å². The number of unbranched alkanes of at least 4 members (excludes halogenated alkanes) is 3. The molecule has 0 amide bonds. The smallest absolute Gasteiger partial charge is 0.337 e. The number of ether oxygens (including phenoxy) is 3. The predicted molar refractivity (Wildman–Crippen MR) is 76.1 cm³/mol. The largest absolute Gasteiger partial charge is 0.494 e. The second-order valence-corrected chi connectivity index (χ2v) is 5.14. The van der Waals surface area contributed by atoms with Crippen LogP contribution in [0.1, 0.15) is 25.7 Å². The van der Waals surface area contributed by atoms with Crippen LogP contribution in [0.3, 0.4) is 0 Å². The topological polar surface area (TPSA) is 48.1 Å². The van der Waals surface area contributed by atoms with E-state index in [0.717, 1.165) is 31.4 Å². The van der Waals surface area contributed by atoms with E-state index in [0.29, 0.717) is 24.8 Å². The Morgan fingerprint density at radius 3 is 2.45 bits per heavy atom. The molecule has 1 heterocycles. The van der Waals surface area contributed by atoms with Crippen LogP contribution in [0.4, 0.5) is 0 Å². The molecule has 1 saturated heterocycles. The molecule has 2 rings (SSSR count). The third kappa shape index (κ3) is 5.80. The maximum absolute atomic E-state index is 11.1. The summed E-state index contributed by atoms with van der Waals surface area (Å²) >= 11 is 5.79. The standard InChI is InChI=1S/C15H19ClO4/c16-12-5-7-13(8-6-12)18-9-3-1-2-4-10-19-15(17)14-11-20-14/h5-8,14H,1-4,9-11H2. The summed E-state index contributed by atoms with van der Waals surface area (Å²) in [7, 11) is 0. The van der Waals surface area contributed by atoms with Gasteiger partial charge < -0.3 is 14.2 Å². The van der Waals surface area contributed by atoms with Gasteiger partial charge in [0.1, 0.15) is 5.75 Å². The van der Waals surface area contributed by atoms with E-state index in [1.807, 2.05) is 24.3 Å². The third-order valence-electron chi connectivity index (χ3n) is 2.96. The van der Waals surface area contributed by atoms with Gasteiger partial charge in [-0.15, -0.1) is 0 Å². The van der Waals surface area contributed by atoms with Crippen molar-refractivity contribution < 1.29 is 19.0 Å². The van der Waals surface area contributed by atoms with Gasteiger partial charge >= 0.3 is 5.97 Å². The van der Waals surface area contributed by atoms with Gasteiger partial charge in [-0.05, 0) is 49.9 Å². The number of rotatable bonds is 9. The van der Waals surface area contributed by atoms with E-state index in [1.165, 1.54) is 0 Å². The molecule has 0 radical (unpaired) electrons. The number of carbonyl (C=O) groups excluding carboxylic acids is 1. The van der Waals surface area contributed by atoms with E-state index < -0.39 is 0 Å². The van der Waals surface area contributed by atoms with Gasteiger partial charge in [-0.2, -0.15) is 0 Å². The van der Waals surface area contributed by atoms with Crippen molar-refractivity contribution >= 4 is 17.6 Å². The second-order valence-electron chi connectivity index (χ2n) is 4.71. The molecule has 0 saturated carbocycles. The van der Waals surface area contributed by atoms with Gasteiger partial charge in [0.25, 0.3) is 0 Å². The minimum Gasteiger partial charge on any atom is -0.494 e. The minimum absolute atomic E-state index is 0.226. The fourth-order valence-electron chi connectivity index (χ4n) is 1.73. The molecule has 1 aliphatic rings. The average molecular weight is 299 g/mol. The molecule has 0 aliphatic carbocycles. The van der Waals surface area contributed by atoms with Crippen LogP contribution in [-0.4, -0.2) is 31.9 Å². The van der Waals surface area contributed by atoms with Gasteiger partial charge in [0.05, 0.1) is 19.8 Å². The first kappa shape index (κ1) is 15.1. The lowest BCUT2D eigenvalue weighted by molar-refractivity contribution is -0.145. The Kier molecular flexibility index (Phi) is 6.15. The van der Waals surface area contributed by atoms with E-state index in [-0.39, 0.29) is 12.1 Å². The van der Waals surface area contributed by atoms with Crippen LogP contribution in [0.25, 0.3) is 0 Å². The highest BCUT2D eigenvalue weighted by Gasteiger charge is 2.32. The van der Waals surface area contributed by atoms with Crippen molar-refractivity contribution in [3.63, 3.8) is 0 Å². The lowest BCUT2D eigenvalue weighted by atomic mass is 10.2. The summed E-state index contributed by atoms with van der Waals surface area (Å²) in [5.74, 6) is 0.615. The van der Waals surface area contributed by atoms with Crippen LogP contribution >= 0.6 is 11.6 Å². The molecular weight excluding hydrogens is 280 g/mol. The number of epoxide rings is 1. The van der Waals surface area contributed by atoms with Crippen molar-refractivity contribution in [3.8, 4) is 5.75 Å². The molecule has 0 aromatic heterocycles. The van der Waals surface area contributed by atoms with Gasteiger partial charge in [0, 0.05) is 5.02 Å². The summed E-state index contributed by atoms with van der Waals surface area (Å²) in [6.07, 6.45) is 3.68. The summed E-state index contributed by atoms with van der Waals surface area (Å²) in [5.41, 5.74) is 0. The van der Waals surface area contributed by atoms with Crippen LogP contribution in [0, 0.1) is 0 Å². The first-order valence-corrected chi connectivity index (χ1v) is 7.30. The molecule has 4 nitrogen and oxygen atoms in total. The molecule has 20 heavy (non-hydrogen) atoms. The third-order valence-corrected chi connectivity index (χ3v) is 3.21. The van der Waals surface area contributed by atoms with Crippen molar-refractivity contribution in [1.29, 1.82) is 0 Å². The zero-order valence-electron chi connectivity index (χ0n) is 11.3. The lowest BCUT2D eigenvalue weighted by Gasteiger charge is -2.06.